The number of benzene rings is 1. The molecular formula is C17H19N3O. The van der Waals surface area contributed by atoms with Gasteiger partial charge in [-0.2, -0.15) is 10.4 Å². The summed E-state index contributed by atoms with van der Waals surface area (Å²) in [7, 11) is 0. The molecule has 4 nitrogen and oxygen atoms in total. The number of carbonyl (C=O) groups excluding carboxylic acids is 1. The van der Waals surface area contributed by atoms with Gasteiger partial charge in [0, 0.05) is 5.41 Å². The molecule has 0 amide bonds. The van der Waals surface area contributed by atoms with E-state index in [1.807, 2.05) is 50.0 Å². The number of hydrogen-bond donors (Lipinski definition) is 0. The summed E-state index contributed by atoms with van der Waals surface area (Å²) in [6.45, 7) is 5.77. The summed E-state index contributed by atoms with van der Waals surface area (Å²) >= 11 is 0. The number of nitrogens with zero attached hydrogens (tertiary/aromatic N) is 3. The molecular weight excluding hydrogens is 262 g/mol. The Kier molecular flexibility index (Phi) is 3.09. The third-order valence-corrected chi connectivity index (χ3v) is 4.32. The number of hydrogen-bond acceptors (Lipinski definition) is 4. The van der Waals surface area contributed by atoms with E-state index in [9.17, 15) is 10.1 Å². The van der Waals surface area contributed by atoms with Crippen molar-refractivity contribution in [1.82, 2.24) is 5.01 Å². The van der Waals surface area contributed by atoms with E-state index in [1.165, 1.54) is 0 Å². The molecule has 2 aliphatic heterocycles. The first-order valence-corrected chi connectivity index (χ1v) is 7.28. The fraction of sp³-hybridized carbons (Fsp3) is 0.471. The first kappa shape index (κ1) is 13.8. The summed E-state index contributed by atoms with van der Waals surface area (Å²) in [6.07, 6.45) is 2.36. The van der Waals surface area contributed by atoms with Crippen LogP contribution in [0.2, 0.25) is 0 Å². The van der Waals surface area contributed by atoms with Crippen molar-refractivity contribution in [2.75, 3.05) is 0 Å². The Morgan fingerprint density at radius 1 is 1.38 bits per heavy atom. The second kappa shape index (κ2) is 4.70. The van der Waals surface area contributed by atoms with Crippen molar-refractivity contribution in [3.05, 3.63) is 35.4 Å². The maximum atomic E-state index is 12.7. The van der Waals surface area contributed by atoms with Crippen molar-refractivity contribution >= 4 is 12.0 Å². The molecule has 0 saturated carbocycles. The van der Waals surface area contributed by atoms with Crippen molar-refractivity contribution in [2.24, 2.45) is 16.4 Å². The molecule has 0 radical (unpaired) electrons. The van der Waals surface area contributed by atoms with Crippen molar-refractivity contribution in [2.45, 2.75) is 39.3 Å². The quantitative estimate of drug-likeness (QED) is 0.795. The van der Waals surface area contributed by atoms with Gasteiger partial charge >= 0.3 is 0 Å². The van der Waals surface area contributed by atoms with Crippen LogP contribution in [0.1, 0.15) is 44.4 Å². The van der Waals surface area contributed by atoms with Crippen LogP contribution in [0.15, 0.2) is 29.4 Å². The molecule has 21 heavy (non-hydrogen) atoms. The van der Waals surface area contributed by atoms with Gasteiger partial charge in [0.25, 0.3) is 0 Å². The Hall–Kier alpha value is -2.15. The number of Topliss-reactive ketones (excluding diaryl/α,β-unsaturated/α-hetero) is 1. The second-order valence-corrected chi connectivity index (χ2v) is 6.80. The summed E-state index contributed by atoms with van der Waals surface area (Å²) in [5.74, 6) is -0.0401. The van der Waals surface area contributed by atoms with Crippen molar-refractivity contribution < 1.29 is 4.79 Å². The Labute approximate surface area is 125 Å². The van der Waals surface area contributed by atoms with Crippen LogP contribution in [-0.2, 0) is 4.79 Å². The summed E-state index contributed by atoms with van der Waals surface area (Å²) in [5.41, 5.74) is 1.72. The minimum absolute atomic E-state index is 0.104. The number of nitriles is 1. The zero-order valence-corrected chi connectivity index (χ0v) is 12.6. The van der Waals surface area contributed by atoms with Gasteiger partial charge in [-0.25, -0.2) is 0 Å². The van der Waals surface area contributed by atoms with E-state index in [0.29, 0.717) is 6.42 Å². The number of fused-ring (bicyclic) bond motifs is 3. The number of rotatable bonds is 1. The van der Waals surface area contributed by atoms with Gasteiger partial charge < -0.3 is 0 Å². The van der Waals surface area contributed by atoms with Gasteiger partial charge in [-0.15, -0.1) is 0 Å². The minimum Gasteiger partial charge on any atom is -0.297 e. The van der Waals surface area contributed by atoms with Gasteiger partial charge in [0.15, 0.2) is 5.78 Å². The maximum absolute atomic E-state index is 12.7. The normalized spacial score (nSPS) is 27.0. The molecule has 1 aromatic rings. The highest BCUT2D eigenvalue weighted by atomic mass is 16.1. The molecule has 0 N–H and O–H groups in total. The van der Waals surface area contributed by atoms with E-state index >= 15 is 0 Å². The Morgan fingerprint density at radius 3 is 2.76 bits per heavy atom. The van der Waals surface area contributed by atoms with Crippen LogP contribution in [0, 0.1) is 22.7 Å². The molecule has 108 valence electrons. The predicted molar refractivity (Wildman–Crippen MR) is 80.6 cm³/mol. The summed E-state index contributed by atoms with van der Waals surface area (Å²) in [6, 6.07) is 9.95. The van der Waals surface area contributed by atoms with Crippen LogP contribution >= 0.6 is 0 Å². The third kappa shape index (κ3) is 2.13. The lowest BCUT2D eigenvalue weighted by Gasteiger charge is -2.33. The van der Waals surface area contributed by atoms with E-state index in [4.69, 9.17) is 0 Å². The molecule has 1 aromatic carbocycles. The van der Waals surface area contributed by atoms with E-state index in [0.717, 1.165) is 11.1 Å². The van der Waals surface area contributed by atoms with Crippen LogP contribution in [0.25, 0.3) is 0 Å². The van der Waals surface area contributed by atoms with E-state index in [-0.39, 0.29) is 23.8 Å². The first-order valence-electron chi connectivity index (χ1n) is 7.28. The fourth-order valence-electron chi connectivity index (χ4n) is 3.24. The van der Waals surface area contributed by atoms with Crippen LogP contribution in [0.5, 0.6) is 0 Å². The van der Waals surface area contributed by atoms with E-state index < -0.39 is 5.41 Å². The van der Waals surface area contributed by atoms with E-state index in [2.05, 4.69) is 11.2 Å². The van der Waals surface area contributed by atoms with Gasteiger partial charge in [-0.3, -0.25) is 9.80 Å². The lowest BCUT2D eigenvalue weighted by molar-refractivity contribution is -0.131. The smallest absolute Gasteiger partial charge is 0.162 e. The zero-order chi connectivity index (χ0) is 15.2. The number of hydrazone groups is 1. The van der Waals surface area contributed by atoms with Gasteiger partial charge in [0.05, 0.1) is 24.2 Å². The third-order valence-electron chi connectivity index (χ3n) is 4.32. The summed E-state index contributed by atoms with van der Waals surface area (Å²) < 4.78 is 0. The molecule has 4 heteroatoms. The molecule has 0 unspecified atom stereocenters. The highest BCUT2D eigenvalue weighted by molar-refractivity contribution is 5.90. The lowest BCUT2D eigenvalue weighted by Crippen LogP contribution is -2.41. The van der Waals surface area contributed by atoms with Gasteiger partial charge in [0.1, 0.15) is 6.04 Å². The molecule has 0 bridgehead atoms. The second-order valence-electron chi connectivity index (χ2n) is 6.80. The molecule has 1 fully saturated rings. The van der Waals surface area contributed by atoms with Crippen molar-refractivity contribution in [3.63, 3.8) is 0 Å². The van der Waals surface area contributed by atoms with Crippen LogP contribution < -0.4 is 0 Å². The standard InChI is InChI=1S/C17H19N3O/c1-17(2,3)16(21)14-8-12(9-18)15-13-7-5-4-6-11(13)10-19-20(14)15/h4-7,10,12,14-15H,8H2,1-3H3/t12-,14+,15-/m1/s1. The summed E-state index contributed by atoms with van der Waals surface area (Å²) in [5, 5.41) is 15.8. The van der Waals surface area contributed by atoms with Gasteiger partial charge in [-0.1, -0.05) is 45.0 Å². The number of ketones is 1. The average Bonchev–Trinajstić information content (AvgIpc) is 2.84. The monoisotopic (exact) mass is 281 g/mol. The Balaban J connectivity index is 2.03. The minimum atomic E-state index is -0.425. The molecule has 1 saturated heterocycles. The Bertz CT molecular complexity index is 651. The molecule has 3 rings (SSSR count). The average molecular weight is 281 g/mol. The van der Waals surface area contributed by atoms with Crippen molar-refractivity contribution in [3.8, 4) is 6.07 Å². The van der Waals surface area contributed by atoms with Gasteiger partial charge in [0.2, 0.25) is 0 Å². The zero-order valence-electron chi connectivity index (χ0n) is 12.6. The molecule has 0 aliphatic carbocycles. The fourth-order valence-corrected chi connectivity index (χ4v) is 3.24. The molecule has 2 heterocycles. The molecule has 2 aliphatic rings. The van der Waals surface area contributed by atoms with Crippen molar-refractivity contribution in [1.29, 1.82) is 5.26 Å². The van der Waals surface area contributed by atoms with Crippen LogP contribution in [0.4, 0.5) is 0 Å². The largest absolute Gasteiger partial charge is 0.297 e. The summed E-state index contributed by atoms with van der Waals surface area (Å²) in [4.78, 5) is 12.7. The van der Waals surface area contributed by atoms with Crippen LogP contribution in [0.3, 0.4) is 0 Å². The predicted octanol–water partition coefficient (Wildman–Crippen LogP) is 2.90. The molecule has 0 aromatic heterocycles. The first-order chi connectivity index (χ1) is 9.93. The van der Waals surface area contributed by atoms with Gasteiger partial charge in [-0.05, 0) is 17.5 Å². The Morgan fingerprint density at radius 2 is 2.10 bits per heavy atom. The maximum Gasteiger partial charge on any atom is 0.162 e. The molecule has 3 atom stereocenters. The molecule has 0 spiro atoms. The van der Waals surface area contributed by atoms with Crippen LogP contribution in [-0.4, -0.2) is 23.0 Å². The highest BCUT2D eigenvalue weighted by Crippen LogP contribution is 2.45. The van der Waals surface area contributed by atoms with E-state index in [1.54, 1.807) is 6.21 Å². The topological polar surface area (TPSA) is 56.5 Å². The SMILES string of the molecule is CC(C)(C)C(=O)[C@@H]1C[C@H](C#N)[C@@H]2c3ccccc3C=NN12. The highest BCUT2D eigenvalue weighted by Gasteiger charge is 2.48. The lowest BCUT2D eigenvalue weighted by atomic mass is 9.84. The number of carbonyl (C=O) groups is 1.